The van der Waals surface area contributed by atoms with E-state index in [0.717, 1.165) is 37.2 Å². The second kappa shape index (κ2) is 9.82. The Hall–Kier alpha value is -3.39. The van der Waals surface area contributed by atoms with E-state index in [4.69, 9.17) is 4.74 Å². The fourth-order valence-corrected chi connectivity index (χ4v) is 3.98. The van der Waals surface area contributed by atoms with E-state index in [1.54, 1.807) is 4.90 Å². The number of carbonyl (C=O) groups excluding carboxylic acids is 2. The molecule has 4 rings (SSSR count). The highest BCUT2D eigenvalue weighted by Gasteiger charge is 2.25. The van der Waals surface area contributed by atoms with Crippen molar-refractivity contribution in [2.45, 2.75) is 26.8 Å². The van der Waals surface area contributed by atoms with Crippen molar-refractivity contribution in [3.63, 3.8) is 0 Å². The number of rotatable bonds is 9. The van der Waals surface area contributed by atoms with E-state index in [-0.39, 0.29) is 31.4 Å². The summed E-state index contributed by atoms with van der Waals surface area (Å²) in [6.07, 6.45) is 0.166. The zero-order valence-electron chi connectivity index (χ0n) is 18.6. The first-order valence-corrected chi connectivity index (χ1v) is 11.1. The van der Waals surface area contributed by atoms with Crippen molar-refractivity contribution in [2.75, 3.05) is 43.0 Å². The van der Waals surface area contributed by atoms with Gasteiger partial charge < -0.3 is 19.1 Å². The predicted octanol–water partition coefficient (Wildman–Crippen LogP) is 3.13. The number of amides is 2. The molecule has 8 nitrogen and oxygen atoms in total. The lowest BCUT2D eigenvalue weighted by molar-refractivity contribution is -0.121. The summed E-state index contributed by atoms with van der Waals surface area (Å²) in [4.78, 5) is 33.8. The number of fused-ring (bicyclic) bond motifs is 2. The maximum absolute atomic E-state index is 12.8. The van der Waals surface area contributed by atoms with E-state index in [2.05, 4.69) is 33.6 Å². The van der Waals surface area contributed by atoms with Gasteiger partial charge in [0.15, 0.2) is 6.61 Å². The number of ether oxygens (including phenoxy) is 1. The molecule has 0 aliphatic carbocycles. The van der Waals surface area contributed by atoms with Gasteiger partial charge >= 0.3 is 0 Å². The number of imidazole rings is 1. The van der Waals surface area contributed by atoms with Crippen molar-refractivity contribution < 1.29 is 14.3 Å². The summed E-state index contributed by atoms with van der Waals surface area (Å²) in [5.41, 5.74) is 2.54. The van der Waals surface area contributed by atoms with E-state index in [0.29, 0.717) is 17.4 Å². The van der Waals surface area contributed by atoms with Gasteiger partial charge in [-0.3, -0.25) is 14.9 Å². The average molecular weight is 436 g/mol. The number of hydrogen-bond acceptors (Lipinski definition) is 5. The predicted molar refractivity (Wildman–Crippen MR) is 125 cm³/mol. The summed E-state index contributed by atoms with van der Waals surface area (Å²) >= 11 is 0. The first-order chi connectivity index (χ1) is 15.6. The van der Waals surface area contributed by atoms with Crippen LogP contribution in [0.25, 0.3) is 11.0 Å². The number of carbonyl (C=O) groups is 2. The maximum atomic E-state index is 12.8. The highest BCUT2D eigenvalue weighted by Crippen LogP contribution is 2.31. The minimum absolute atomic E-state index is 0.0141. The molecule has 0 saturated heterocycles. The molecule has 0 unspecified atom stereocenters. The summed E-state index contributed by atoms with van der Waals surface area (Å²) in [5.74, 6) is 0.867. The molecule has 2 amide bonds. The molecule has 8 heteroatoms. The number of nitrogens with one attached hydrogen (secondary N) is 1. The van der Waals surface area contributed by atoms with Crippen molar-refractivity contribution in [1.82, 2.24) is 14.5 Å². The standard InChI is InChI=1S/C24H29N5O3/c1-3-27(4-2)15-16-29-19-10-6-5-9-18(19)25-24(29)26-22(30)13-14-28-20-11-7-8-12-21(20)32-17-23(28)31/h5-12H,3-4,13-17H2,1-2H3,(H,25,26,30). The summed E-state index contributed by atoms with van der Waals surface area (Å²) in [6, 6.07) is 15.3. The van der Waals surface area contributed by atoms with Crippen LogP contribution in [0.4, 0.5) is 11.6 Å². The zero-order chi connectivity index (χ0) is 22.5. The lowest BCUT2D eigenvalue weighted by atomic mass is 10.2. The minimum Gasteiger partial charge on any atom is -0.482 e. The third-order valence-electron chi connectivity index (χ3n) is 5.81. The van der Waals surface area contributed by atoms with Gasteiger partial charge in [0.1, 0.15) is 5.75 Å². The Balaban J connectivity index is 1.47. The van der Waals surface area contributed by atoms with Gasteiger partial charge in [0.05, 0.1) is 16.7 Å². The normalized spacial score (nSPS) is 13.3. The van der Waals surface area contributed by atoms with E-state index < -0.39 is 0 Å². The molecule has 0 bridgehead atoms. The number of aromatic nitrogens is 2. The van der Waals surface area contributed by atoms with Crippen molar-refractivity contribution in [3.05, 3.63) is 48.5 Å². The van der Waals surface area contributed by atoms with Crippen LogP contribution in [0.2, 0.25) is 0 Å². The van der Waals surface area contributed by atoms with E-state index in [1.807, 2.05) is 48.5 Å². The third-order valence-corrected chi connectivity index (χ3v) is 5.81. The maximum Gasteiger partial charge on any atom is 0.265 e. The van der Waals surface area contributed by atoms with Gasteiger partial charge in [0.2, 0.25) is 11.9 Å². The van der Waals surface area contributed by atoms with Crippen LogP contribution in [0.5, 0.6) is 5.75 Å². The summed E-state index contributed by atoms with van der Waals surface area (Å²) in [7, 11) is 0. The highest BCUT2D eigenvalue weighted by atomic mass is 16.5. The first kappa shape index (κ1) is 21.8. The number of benzene rings is 2. The van der Waals surface area contributed by atoms with Crippen LogP contribution in [0, 0.1) is 0 Å². The SMILES string of the molecule is CCN(CC)CCn1c(NC(=O)CCN2C(=O)COc3ccccc32)nc2ccccc21. The Kier molecular flexibility index (Phi) is 6.70. The molecule has 0 radical (unpaired) electrons. The molecule has 0 atom stereocenters. The third kappa shape index (κ3) is 4.60. The molecular weight excluding hydrogens is 406 g/mol. The fraction of sp³-hybridized carbons (Fsp3) is 0.375. The Morgan fingerprint density at radius 3 is 2.66 bits per heavy atom. The van der Waals surface area contributed by atoms with Crippen LogP contribution < -0.4 is 15.0 Å². The summed E-state index contributed by atoms with van der Waals surface area (Å²) in [5, 5.41) is 2.96. The lowest BCUT2D eigenvalue weighted by Gasteiger charge is -2.29. The molecule has 1 aliphatic heterocycles. The molecule has 2 aromatic carbocycles. The van der Waals surface area contributed by atoms with Crippen LogP contribution in [-0.2, 0) is 16.1 Å². The Morgan fingerprint density at radius 1 is 1.09 bits per heavy atom. The highest BCUT2D eigenvalue weighted by molar-refractivity contribution is 5.99. The van der Waals surface area contributed by atoms with Crippen LogP contribution in [0.3, 0.4) is 0 Å². The minimum atomic E-state index is -0.179. The molecule has 0 fully saturated rings. The molecule has 168 valence electrons. The van der Waals surface area contributed by atoms with E-state index in [9.17, 15) is 9.59 Å². The number of para-hydroxylation sites is 4. The molecular formula is C24H29N5O3. The average Bonchev–Trinajstić information content (AvgIpc) is 3.16. The number of nitrogens with zero attached hydrogens (tertiary/aromatic N) is 4. The number of hydrogen-bond donors (Lipinski definition) is 1. The summed E-state index contributed by atoms with van der Waals surface area (Å²) < 4.78 is 7.53. The van der Waals surface area contributed by atoms with Crippen molar-refractivity contribution in [3.8, 4) is 5.75 Å². The lowest BCUT2D eigenvalue weighted by Crippen LogP contribution is -2.40. The summed E-state index contributed by atoms with van der Waals surface area (Å²) in [6.45, 7) is 8.10. The van der Waals surface area contributed by atoms with Gasteiger partial charge in [-0.1, -0.05) is 38.1 Å². The Bertz CT molecular complexity index is 1110. The Morgan fingerprint density at radius 2 is 1.84 bits per heavy atom. The smallest absolute Gasteiger partial charge is 0.265 e. The van der Waals surface area contributed by atoms with Crippen molar-refractivity contribution >= 4 is 34.5 Å². The second-order valence-electron chi connectivity index (χ2n) is 7.70. The molecule has 3 aromatic rings. The molecule has 1 N–H and O–H groups in total. The monoisotopic (exact) mass is 435 g/mol. The number of likely N-dealkylation sites (N-methyl/N-ethyl adjacent to an activating group) is 1. The second-order valence-corrected chi connectivity index (χ2v) is 7.70. The molecule has 0 saturated carbocycles. The van der Waals surface area contributed by atoms with Gasteiger partial charge in [-0.2, -0.15) is 0 Å². The van der Waals surface area contributed by atoms with Crippen LogP contribution in [0.1, 0.15) is 20.3 Å². The quantitative estimate of drug-likeness (QED) is 0.559. The van der Waals surface area contributed by atoms with Gasteiger partial charge in [0, 0.05) is 26.1 Å². The molecule has 32 heavy (non-hydrogen) atoms. The topological polar surface area (TPSA) is 79.7 Å². The van der Waals surface area contributed by atoms with Crippen LogP contribution in [-0.4, -0.2) is 59.1 Å². The molecule has 1 aromatic heterocycles. The first-order valence-electron chi connectivity index (χ1n) is 11.1. The van der Waals surface area contributed by atoms with E-state index >= 15 is 0 Å². The zero-order valence-corrected chi connectivity index (χ0v) is 18.6. The van der Waals surface area contributed by atoms with Gasteiger partial charge in [0.25, 0.3) is 5.91 Å². The molecule has 0 spiro atoms. The molecule has 1 aliphatic rings. The van der Waals surface area contributed by atoms with Gasteiger partial charge in [-0.25, -0.2) is 4.98 Å². The van der Waals surface area contributed by atoms with Crippen molar-refractivity contribution in [2.24, 2.45) is 0 Å². The van der Waals surface area contributed by atoms with Crippen molar-refractivity contribution in [1.29, 1.82) is 0 Å². The number of anilines is 2. The fourth-order valence-electron chi connectivity index (χ4n) is 3.98. The Labute approximate surface area is 187 Å². The molecule has 2 heterocycles. The van der Waals surface area contributed by atoms with Gasteiger partial charge in [-0.05, 0) is 37.4 Å². The van der Waals surface area contributed by atoms with Crippen LogP contribution in [0.15, 0.2) is 48.5 Å². The van der Waals surface area contributed by atoms with E-state index in [1.165, 1.54) is 0 Å². The van der Waals surface area contributed by atoms with Crippen LogP contribution >= 0.6 is 0 Å². The van der Waals surface area contributed by atoms with Gasteiger partial charge in [-0.15, -0.1) is 0 Å². The largest absolute Gasteiger partial charge is 0.482 e.